The molecule has 1 spiro atoms. The maximum atomic E-state index is 10.7. The van der Waals surface area contributed by atoms with Crippen LogP contribution >= 0.6 is 0 Å². The third kappa shape index (κ3) is 2.83. The molecule has 0 fully saturated rings. The first kappa shape index (κ1) is 21.8. The third-order valence-corrected chi connectivity index (χ3v) is 8.22. The minimum Gasteiger partial charge on any atom is -0.507 e. The number of rotatable bonds is 2. The van der Waals surface area contributed by atoms with Crippen molar-refractivity contribution >= 4 is 0 Å². The number of aromatic nitrogens is 2. The molecule has 8 rings (SSSR count). The summed E-state index contributed by atoms with van der Waals surface area (Å²) >= 11 is 0. The molecule has 2 N–H and O–H groups in total. The molecule has 6 aromatic rings. The molecule has 0 atom stereocenters. The Hall–Kier alpha value is -5.22. The molecule has 0 saturated heterocycles. The van der Waals surface area contributed by atoms with E-state index < -0.39 is 5.41 Å². The molecule has 0 amide bonds. The van der Waals surface area contributed by atoms with Crippen molar-refractivity contribution in [2.24, 2.45) is 0 Å². The van der Waals surface area contributed by atoms with E-state index in [-0.39, 0.29) is 11.5 Å². The Morgan fingerprint density at radius 1 is 0.436 bits per heavy atom. The highest BCUT2D eigenvalue weighted by atomic mass is 16.3. The van der Waals surface area contributed by atoms with Gasteiger partial charge in [-0.25, -0.2) is 0 Å². The first-order chi connectivity index (χ1) is 19.2. The molecule has 2 heterocycles. The first-order valence-corrected chi connectivity index (χ1v) is 13.0. The summed E-state index contributed by atoms with van der Waals surface area (Å²) in [6.07, 6.45) is 3.65. The first-order valence-electron chi connectivity index (χ1n) is 13.0. The van der Waals surface area contributed by atoms with Crippen molar-refractivity contribution in [3.63, 3.8) is 0 Å². The van der Waals surface area contributed by atoms with Crippen LogP contribution in [0.3, 0.4) is 0 Å². The lowest BCUT2D eigenvalue weighted by Gasteiger charge is -2.30. The van der Waals surface area contributed by atoms with E-state index in [0.29, 0.717) is 0 Å². The molecule has 0 aliphatic heterocycles. The number of nitrogens with zero attached hydrogens (tertiary/aromatic N) is 2. The molecule has 4 aromatic carbocycles. The van der Waals surface area contributed by atoms with Crippen LogP contribution in [-0.4, -0.2) is 20.2 Å². The van der Waals surface area contributed by atoms with E-state index in [1.165, 1.54) is 0 Å². The van der Waals surface area contributed by atoms with Crippen LogP contribution < -0.4 is 0 Å². The number of hydrogen-bond acceptors (Lipinski definition) is 4. The van der Waals surface area contributed by atoms with Crippen LogP contribution in [0.15, 0.2) is 122 Å². The fourth-order valence-corrected chi connectivity index (χ4v) is 6.61. The highest BCUT2D eigenvalue weighted by molar-refractivity contribution is 5.95. The standard InChI is InChI=1S/C35H22N2O2/c38-31-11-3-1-7-23(31)21-13-15-25-26-16-14-22(24-8-2-4-12-32(24)39)20-30(26)35(29(25)19-21)27-9-5-17-36-33(27)34-28(35)10-6-18-37-34/h1-20,38-39H. The zero-order valence-corrected chi connectivity index (χ0v) is 20.8. The number of phenolic OH excluding ortho intramolecular Hbond substituents is 2. The second-order valence-corrected chi connectivity index (χ2v) is 10.1. The molecule has 2 aliphatic carbocycles. The van der Waals surface area contributed by atoms with Crippen LogP contribution in [0, 0.1) is 0 Å². The van der Waals surface area contributed by atoms with Gasteiger partial charge in [-0.3, -0.25) is 9.97 Å². The van der Waals surface area contributed by atoms with Gasteiger partial charge in [0, 0.05) is 23.5 Å². The summed E-state index contributed by atoms with van der Waals surface area (Å²) < 4.78 is 0. The second kappa shape index (κ2) is 7.89. The Kier molecular flexibility index (Phi) is 4.42. The molecule has 39 heavy (non-hydrogen) atoms. The highest BCUT2D eigenvalue weighted by Crippen LogP contribution is 2.62. The fourth-order valence-electron chi connectivity index (χ4n) is 6.61. The van der Waals surface area contributed by atoms with Gasteiger partial charge in [-0.15, -0.1) is 0 Å². The maximum Gasteiger partial charge on any atom is 0.123 e. The van der Waals surface area contributed by atoms with Crippen molar-refractivity contribution in [2.75, 3.05) is 0 Å². The number of para-hydroxylation sites is 2. The van der Waals surface area contributed by atoms with Crippen molar-refractivity contribution in [3.05, 3.63) is 144 Å². The van der Waals surface area contributed by atoms with Crippen LogP contribution in [0.5, 0.6) is 11.5 Å². The molecule has 0 saturated carbocycles. The molecule has 0 radical (unpaired) electrons. The lowest BCUT2D eigenvalue weighted by atomic mass is 9.70. The summed E-state index contributed by atoms with van der Waals surface area (Å²) in [7, 11) is 0. The van der Waals surface area contributed by atoms with Crippen LogP contribution in [0.25, 0.3) is 44.8 Å². The van der Waals surface area contributed by atoms with E-state index in [9.17, 15) is 10.2 Å². The predicted molar refractivity (Wildman–Crippen MR) is 153 cm³/mol. The van der Waals surface area contributed by atoms with Gasteiger partial charge in [-0.2, -0.15) is 0 Å². The van der Waals surface area contributed by atoms with E-state index in [1.807, 2.05) is 60.9 Å². The molecule has 2 aliphatic rings. The number of phenols is 2. The Labute approximate surface area is 225 Å². The zero-order valence-electron chi connectivity index (χ0n) is 20.8. The second-order valence-electron chi connectivity index (χ2n) is 10.1. The number of hydrogen-bond donors (Lipinski definition) is 2. The smallest absolute Gasteiger partial charge is 0.123 e. The molecular weight excluding hydrogens is 480 g/mol. The summed E-state index contributed by atoms with van der Waals surface area (Å²) in [6.45, 7) is 0. The Bertz CT molecular complexity index is 1820. The summed E-state index contributed by atoms with van der Waals surface area (Å²) in [4.78, 5) is 9.62. The summed E-state index contributed by atoms with van der Waals surface area (Å²) in [5.74, 6) is 0.499. The molecule has 184 valence electrons. The minimum atomic E-state index is -0.640. The van der Waals surface area contributed by atoms with Gasteiger partial charge in [0.1, 0.15) is 11.5 Å². The van der Waals surface area contributed by atoms with Crippen molar-refractivity contribution in [1.82, 2.24) is 9.97 Å². The van der Waals surface area contributed by atoms with E-state index >= 15 is 0 Å². The normalized spacial score (nSPS) is 13.5. The lowest BCUT2D eigenvalue weighted by molar-refractivity contribution is 0.477. The van der Waals surface area contributed by atoms with E-state index in [2.05, 4.69) is 48.5 Å². The fraction of sp³-hybridized carbons (Fsp3) is 0.0286. The van der Waals surface area contributed by atoms with Gasteiger partial charge in [0.05, 0.1) is 16.8 Å². The topological polar surface area (TPSA) is 66.2 Å². The number of fused-ring (bicyclic) bond motifs is 10. The van der Waals surface area contributed by atoms with E-state index in [4.69, 9.17) is 9.97 Å². The molecular formula is C35H22N2O2. The summed E-state index contributed by atoms with van der Waals surface area (Å²) in [5.41, 5.74) is 11.3. The lowest BCUT2D eigenvalue weighted by Crippen LogP contribution is -2.26. The molecule has 4 nitrogen and oxygen atoms in total. The SMILES string of the molecule is Oc1ccccc1-c1ccc2c(c1)C1(c3cc(-c4ccccc4O)ccc3-2)c2cccnc2-c2ncccc21. The highest BCUT2D eigenvalue weighted by Gasteiger charge is 2.53. The van der Waals surface area contributed by atoms with Gasteiger partial charge in [-0.05, 0) is 80.9 Å². The number of aromatic hydroxyl groups is 2. The van der Waals surface area contributed by atoms with Crippen LogP contribution in [0.4, 0.5) is 0 Å². The Balaban J connectivity index is 1.50. The van der Waals surface area contributed by atoms with E-state index in [0.717, 1.165) is 67.0 Å². The quantitative estimate of drug-likeness (QED) is 0.256. The minimum absolute atomic E-state index is 0.249. The average molecular weight is 503 g/mol. The van der Waals surface area contributed by atoms with Gasteiger partial charge in [0.25, 0.3) is 0 Å². The van der Waals surface area contributed by atoms with Crippen molar-refractivity contribution in [3.8, 4) is 56.3 Å². The van der Waals surface area contributed by atoms with Gasteiger partial charge in [0.2, 0.25) is 0 Å². The molecule has 0 unspecified atom stereocenters. The number of benzene rings is 4. The van der Waals surface area contributed by atoms with E-state index in [1.54, 1.807) is 12.1 Å². The van der Waals surface area contributed by atoms with Crippen LogP contribution in [0.1, 0.15) is 22.3 Å². The van der Waals surface area contributed by atoms with Crippen molar-refractivity contribution in [1.29, 1.82) is 0 Å². The van der Waals surface area contributed by atoms with Gasteiger partial charge >= 0.3 is 0 Å². The Morgan fingerprint density at radius 2 is 0.897 bits per heavy atom. The van der Waals surface area contributed by atoms with Crippen LogP contribution in [0.2, 0.25) is 0 Å². The average Bonchev–Trinajstić information content (AvgIpc) is 3.44. The molecule has 4 heteroatoms. The Morgan fingerprint density at radius 3 is 1.36 bits per heavy atom. The van der Waals surface area contributed by atoms with Gasteiger partial charge in [0.15, 0.2) is 0 Å². The summed E-state index contributed by atoms with van der Waals surface area (Å²) in [6, 6.07) is 36.1. The predicted octanol–water partition coefficient (Wildman–Crippen LogP) is 7.57. The molecule has 0 bridgehead atoms. The monoisotopic (exact) mass is 502 g/mol. The zero-order chi connectivity index (χ0) is 26.1. The van der Waals surface area contributed by atoms with Crippen molar-refractivity contribution < 1.29 is 10.2 Å². The maximum absolute atomic E-state index is 10.7. The van der Waals surface area contributed by atoms with Crippen LogP contribution in [-0.2, 0) is 5.41 Å². The summed E-state index contributed by atoms with van der Waals surface area (Å²) in [5, 5.41) is 21.4. The third-order valence-electron chi connectivity index (χ3n) is 8.22. The largest absolute Gasteiger partial charge is 0.507 e. The number of pyridine rings is 2. The van der Waals surface area contributed by atoms with Gasteiger partial charge < -0.3 is 10.2 Å². The van der Waals surface area contributed by atoms with Crippen molar-refractivity contribution in [2.45, 2.75) is 5.41 Å². The molecule has 2 aromatic heterocycles. The van der Waals surface area contributed by atoms with Gasteiger partial charge in [-0.1, -0.05) is 72.8 Å².